The quantitative estimate of drug-likeness (QED) is 0.833. The second-order valence-electron chi connectivity index (χ2n) is 7.03. The molecule has 0 bridgehead atoms. The Balaban J connectivity index is 1.85. The van der Waals surface area contributed by atoms with Gasteiger partial charge < -0.3 is 14.8 Å². The Morgan fingerprint density at radius 2 is 1.88 bits per heavy atom. The summed E-state index contributed by atoms with van der Waals surface area (Å²) in [6, 6.07) is 7.47. The Bertz CT molecular complexity index is 500. The Hall–Kier alpha value is -1.59. The van der Waals surface area contributed by atoms with E-state index in [0.717, 1.165) is 44.1 Å². The highest BCUT2D eigenvalue weighted by Gasteiger charge is 2.24. The molecule has 0 radical (unpaired) electrons. The van der Waals surface area contributed by atoms with Crippen molar-refractivity contribution in [2.45, 2.75) is 32.7 Å². The Morgan fingerprint density at radius 3 is 2.42 bits per heavy atom. The molecule has 0 aliphatic carbocycles. The topological polar surface area (TPSA) is 50.8 Å². The van der Waals surface area contributed by atoms with Gasteiger partial charge in [-0.3, -0.25) is 9.69 Å². The molecule has 5 nitrogen and oxygen atoms in total. The normalized spacial score (nSPS) is 17.1. The summed E-state index contributed by atoms with van der Waals surface area (Å²) in [5.74, 6) is 1.69. The van der Waals surface area contributed by atoms with Gasteiger partial charge in [0.05, 0.1) is 12.6 Å². The number of carbonyl (C=O) groups excluding carboxylic acids is 1. The first-order valence-electron chi connectivity index (χ1n) is 8.75. The minimum absolute atomic E-state index is 0.0193. The van der Waals surface area contributed by atoms with Crippen LogP contribution in [0.3, 0.4) is 0 Å². The molecule has 1 aliphatic rings. The van der Waals surface area contributed by atoms with Crippen LogP contribution < -0.4 is 10.1 Å². The van der Waals surface area contributed by atoms with Gasteiger partial charge in [0.2, 0.25) is 5.91 Å². The Kier molecular flexibility index (Phi) is 7.06. The van der Waals surface area contributed by atoms with Crippen molar-refractivity contribution in [3.8, 4) is 5.75 Å². The van der Waals surface area contributed by atoms with Gasteiger partial charge in [0, 0.05) is 18.9 Å². The maximum absolute atomic E-state index is 12.4. The molecule has 2 rings (SSSR count). The summed E-state index contributed by atoms with van der Waals surface area (Å²) in [6.07, 6.45) is 2.13. The summed E-state index contributed by atoms with van der Waals surface area (Å²) in [6.45, 7) is 6.50. The van der Waals surface area contributed by atoms with Crippen molar-refractivity contribution in [3.63, 3.8) is 0 Å². The highest BCUT2D eigenvalue weighted by Crippen LogP contribution is 2.20. The van der Waals surface area contributed by atoms with Gasteiger partial charge in [-0.2, -0.15) is 0 Å². The lowest BCUT2D eigenvalue weighted by Gasteiger charge is -2.26. The largest absolute Gasteiger partial charge is 0.493 e. The highest BCUT2D eigenvalue weighted by molar-refractivity contribution is 5.95. The van der Waals surface area contributed by atoms with Gasteiger partial charge in [0.1, 0.15) is 5.75 Å². The summed E-state index contributed by atoms with van der Waals surface area (Å²) in [7, 11) is 3.86. The first kappa shape index (κ1) is 18.7. The lowest BCUT2D eigenvalue weighted by molar-refractivity contribution is -0.121. The van der Waals surface area contributed by atoms with E-state index in [4.69, 9.17) is 9.47 Å². The van der Waals surface area contributed by atoms with E-state index in [0.29, 0.717) is 5.92 Å². The number of likely N-dealkylation sites (N-methyl/N-ethyl adjacent to an activating group) is 1. The van der Waals surface area contributed by atoms with Crippen LogP contribution >= 0.6 is 0 Å². The van der Waals surface area contributed by atoms with Crippen LogP contribution in [0.4, 0.5) is 5.69 Å². The van der Waals surface area contributed by atoms with Gasteiger partial charge in [-0.05, 0) is 63.0 Å². The van der Waals surface area contributed by atoms with E-state index in [1.165, 1.54) is 0 Å². The summed E-state index contributed by atoms with van der Waals surface area (Å²) in [4.78, 5) is 14.4. The van der Waals surface area contributed by atoms with Crippen molar-refractivity contribution < 1.29 is 14.3 Å². The van der Waals surface area contributed by atoms with Crippen molar-refractivity contribution >= 4 is 11.6 Å². The number of hydrogen-bond acceptors (Lipinski definition) is 4. The van der Waals surface area contributed by atoms with Crippen LogP contribution in [0, 0.1) is 11.8 Å². The van der Waals surface area contributed by atoms with Crippen LogP contribution in [-0.4, -0.2) is 50.8 Å². The molecular weight excluding hydrogens is 304 g/mol. The molecule has 0 saturated carbocycles. The third-order valence-corrected chi connectivity index (χ3v) is 4.40. The fraction of sp³-hybridized carbons (Fsp3) is 0.632. The zero-order chi connectivity index (χ0) is 17.5. The van der Waals surface area contributed by atoms with Crippen LogP contribution in [0.1, 0.15) is 26.7 Å². The monoisotopic (exact) mass is 334 g/mol. The molecule has 1 aromatic rings. The van der Waals surface area contributed by atoms with Crippen LogP contribution in [0.25, 0.3) is 0 Å². The number of ether oxygens (including phenoxy) is 2. The van der Waals surface area contributed by atoms with E-state index in [2.05, 4.69) is 19.2 Å². The van der Waals surface area contributed by atoms with Crippen molar-refractivity contribution in [3.05, 3.63) is 24.3 Å². The molecule has 1 atom stereocenters. The molecule has 5 heteroatoms. The summed E-state index contributed by atoms with van der Waals surface area (Å²) in [5.41, 5.74) is 0.797. The highest BCUT2D eigenvalue weighted by atomic mass is 16.5. The average Bonchev–Trinajstić information content (AvgIpc) is 2.54. The van der Waals surface area contributed by atoms with E-state index in [1.54, 1.807) is 0 Å². The lowest BCUT2D eigenvalue weighted by atomic mass is 10.0. The van der Waals surface area contributed by atoms with Gasteiger partial charge in [0.25, 0.3) is 0 Å². The molecule has 134 valence electrons. The molecule has 1 aromatic carbocycles. The second-order valence-corrected chi connectivity index (χ2v) is 7.03. The number of benzene rings is 1. The maximum atomic E-state index is 12.4. The lowest BCUT2D eigenvalue weighted by Crippen LogP contribution is -2.43. The third kappa shape index (κ3) is 5.49. The summed E-state index contributed by atoms with van der Waals surface area (Å²) in [5, 5.41) is 2.98. The fourth-order valence-corrected chi connectivity index (χ4v) is 3.11. The molecule has 0 unspecified atom stereocenters. The Labute approximate surface area is 145 Å². The number of rotatable bonds is 7. The van der Waals surface area contributed by atoms with E-state index in [9.17, 15) is 4.79 Å². The number of amides is 1. The zero-order valence-corrected chi connectivity index (χ0v) is 15.2. The van der Waals surface area contributed by atoms with Crippen molar-refractivity contribution in [2.75, 3.05) is 39.2 Å². The van der Waals surface area contributed by atoms with Crippen molar-refractivity contribution in [1.82, 2.24) is 4.90 Å². The first-order chi connectivity index (χ1) is 11.5. The van der Waals surface area contributed by atoms with Crippen LogP contribution in [0.5, 0.6) is 5.75 Å². The van der Waals surface area contributed by atoms with Crippen LogP contribution in [0.2, 0.25) is 0 Å². The molecule has 0 aromatic heterocycles. The predicted octanol–water partition coefficient (Wildman–Crippen LogP) is 3.02. The molecule has 1 heterocycles. The van der Waals surface area contributed by atoms with Gasteiger partial charge in [-0.25, -0.2) is 0 Å². The van der Waals surface area contributed by atoms with Crippen molar-refractivity contribution in [2.24, 2.45) is 11.8 Å². The van der Waals surface area contributed by atoms with Crippen molar-refractivity contribution in [1.29, 1.82) is 0 Å². The smallest absolute Gasteiger partial charge is 0.241 e. The first-order valence-corrected chi connectivity index (χ1v) is 8.75. The molecule has 1 N–H and O–H groups in total. The standard InChI is InChI=1S/C19H30N2O3/c1-14(2)18(21(3)4)19(22)20-16-5-7-17(8-6-16)24-13-15-9-11-23-12-10-15/h5-8,14-15,18H,9-13H2,1-4H3,(H,20,22)/t18-/m0/s1. The van der Waals surface area contributed by atoms with E-state index in [-0.39, 0.29) is 17.9 Å². The number of hydrogen-bond donors (Lipinski definition) is 1. The maximum Gasteiger partial charge on any atom is 0.241 e. The minimum Gasteiger partial charge on any atom is -0.493 e. The predicted molar refractivity (Wildman–Crippen MR) is 96.4 cm³/mol. The number of nitrogens with zero attached hydrogens (tertiary/aromatic N) is 1. The number of nitrogens with one attached hydrogen (secondary N) is 1. The van der Waals surface area contributed by atoms with Gasteiger partial charge in [0.15, 0.2) is 0 Å². The fourth-order valence-electron chi connectivity index (χ4n) is 3.11. The number of anilines is 1. The summed E-state index contributed by atoms with van der Waals surface area (Å²) >= 11 is 0. The van der Waals surface area contributed by atoms with E-state index >= 15 is 0 Å². The minimum atomic E-state index is -0.144. The molecule has 0 spiro atoms. The molecule has 1 aliphatic heterocycles. The molecule has 1 fully saturated rings. The van der Waals surface area contributed by atoms with Crippen LogP contribution in [0.15, 0.2) is 24.3 Å². The summed E-state index contributed by atoms with van der Waals surface area (Å²) < 4.78 is 11.2. The molecule has 24 heavy (non-hydrogen) atoms. The van der Waals surface area contributed by atoms with E-state index in [1.807, 2.05) is 43.3 Å². The van der Waals surface area contributed by atoms with Gasteiger partial charge >= 0.3 is 0 Å². The molecular formula is C19H30N2O3. The molecule has 1 saturated heterocycles. The van der Waals surface area contributed by atoms with E-state index < -0.39 is 0 Å². The number of carbonyl (C=O) groups is 1. The average molecular weight is 334 g/mol. The Morgan fingerprint density at radius 1 is 1.25 bits per heavy atom. The third-order valence-electron chi connectivity index (χ3n) is 4.40. The second kappa shape index (κ2) is 9.04. The SMILES string of the molecule is CC(C)[C@@H](C(=O)Nc1ccc(OCC2CCOCC2)cc1)N(C)C. The van der Waals surface area contributed by atoms with Gasteiger partial charge in [-0.1, -0.05) is 13.8 Å². The van der Waals surface area contributed by atoms with Crippen LogP contribution in [-0.2, 0) is 9.53 Å². The van der Waals surface area contributed by atoms with Gasteiger partial charge in [-0.15, -0.1) is 0 Å². The zero-order valence-electron chi connectivity index (χ0n) is 15.2. The molecule has 1 amide bonds.